The van der Waals surface area contributed by atoms with Crippen molar-refractivity contribution >= 4 is 11.0 Å². The number of imidazole rings is 1. The Morgan fingerprint density at radius 3 is 2.65 bits per heavy atom. The lowest BCUT2D eigenvalue weighted by Gasteiger charge is -2.13. The van der Waals surface area contributed by atoms with Crippen molar-refractivity contribution in [3.63, 3.8) is 0 Å². The Balaban J connectivity index is 1.93. The van der Waals surface area contributed by atoms with Crippen LogP contribution in [0.5, 0.6) is 0 Å². The average molecular weight is 269 g/mol. The van der Waals surface area contributed by atoms with Gasteiger partial charge in [0.05, 0.1) is 22.8 Å². The maximum atomic E-state index is 4.72. The highest BCUT2D eigenvalue weighted by Gasteiger charge is 2.16. The van der Waals surface area contributed by atoms with E-state index in [1.165, 1.54) is 5.52 Å². The van der Waals surface area contributed by atoms with E-state index in [2.05, 4.69) is 28.1 Å². The first-order valence-electron chi connectivity index (χ1n) is 6.76. The summed E-state index contributed by atoms with van der Waals surface area (Å²) in [6, 6.07) is 10.4. The zero-order chi connectivity index (χ0) is 14.1. The van der Waals surface area contributed by atoms with Crippen LogP contribution in [0, 0.1) is 0 Å². The number of aryl methyl sites for hydroxylation is 2. The van der Waals surface area contributed by atoms with Crippen LogP contribution in [0.2, 0.25) is 0 Å². The van der Waals surface area contributed by atoms with E-state index in [0.717, 1.165) is 23.5 Å². The van der Waals surface area contributed by atoms with E-state index in [0.29, 0.717) is 0 Å². The summed E-state index contributed by atoms with van der Waals surface area (Å²) < 4.78 is 3.98. The molecule has 3 aromatic rings. The van der Waals surface area contributed by atoms with Gasteiger partial charge in [-0.1, -0.05) is 12.1 Å². The van der Waals surface area contributed by atoms with Crippen LogP contribution in [-0.4, -0.2) is 26.4 Å². The molecule has 0 amide bonds. The first kappa shape index (κ1) is 12.9. The fourth-order valence-electron chi connectivity index (χ4n) is 2.53. The molecule has 2 aromatic heterocycles. The molecular weight excluding hydrogens is 250 g/mol. The zero-order valence-electron chi connectivity index (χ0n) is 12.0. The molecule has 2 heterocycles. The third kappa shape index (κ3) is 2.20. The number of likely N-dealkylation sites (N-methyl/N-ethyl adjacent to an activating group) is 1. The van der Waals surface area contributed by atoms with Crippen LogP contribution in [0.25, 0.3) is 11.0 Å². The average Bonchev–Trinajstić information content (AvgIpc) is 3.01. The van der Waals surface area contributed by atoms with Crippen molar-refractivity contribution < 1.29 is 0 Å². The van der Waals surface area contributed by atoms with E-state index in [9.17, 15) is 0 Å². The van der Waals surface area contributed by atoms with Gasteiger partial charge in [0.25, 0.3) is 0 Å². The van der Waals surface area contributed by atoms with Gasteiger partial charge in [0.2, 0.25) is 0 Å². The molecular formula is C15H19N5. The number of para-hydroxylation sites is 2. The SMILES string of the molecule is CNC(Cc1nc2ccccc2n1C)c1ccn(C)n1. The molecule has 104 valence electrons. The summed E-state index contributed by atoms with van der Waals surface area (Å²) in [7, 11) is 5.96. The van der Waals surface area contributed by atoms with Crippen molar-refractivity contribution in [3.05, 3.63) is 48.0 Å². The van der Waals surface area contributed by atoms with Crippen LogP contribution in [0.1, 0.15) is 17.6 Å². The fourth-order valence-corrected chi connectivity index (χ4v) is 2.53. The molecule has 1 aromatic carbocycles. The predicted molar refractivity (Wildman–Crippen MR) is 79.4 cm³/mol. The highest BCUT2D eigenvalue weighted by Crippen LogP contribution is 2.20. The summed E-state index contributed by atoms with van der Waals surface area (Å²) in [5.41, 5.74) is 3.25. The van der Waals surface area contributed by atoms with E-state index < -0.39 is 0 Å². The van der Waals surface area contributed by atoms with E-state index in [4.69, 9.17) is 4.98 Å². The predicted octanol–water partition coefficient (Wildman–Crippen LogP) is 1.81. The van der Waals surface area contributed by atoms with Gasteiger partial charge in [-0.2, -0.15) is 5.10 Å². The summed E-state index contributed by atoms with van der Waals surface area (Å²) in [6.45, 7) is 0. The molecule has 0 aliphatic rings. The Morgan fingerprint density at radius 2 is 2.00 bits per heavy atom. The molecule has 1 unspecified atom stereocenters. The van der Waals surface area contributed by atoms with Crippen molar-refractivity contribution in [1.82, 2.24) is 24.6 Å². The second kappa shape index (κ2) is 5.09. The lowest BCUT2D eigenvalue weighted by atomic mass is 10.1. The number of nitrogens with one attached hydrogen (secondary N) is 1. The van der Waals surface area contributed by atoms with Crippen LogP contribution in [0.15, 0.2) is 36.5 Å². The number of fused-ring (bicyclic) bond motifs is 1. The molecule has 0 bridgehead atoms. The Hall–Kier alpha value is -2.14. The zero-order valence-corrected chi connectivity index (χ0v) is 12.0. The van der Waals surface area contributed by atoms with E-state index in [1.807, 2.05) is 49.2 Å². The van der Waals surface area contributed by atoms with Gasteiger partial charge in [-0.25, -0.2) is 4.98 Å². The number of aromatic nitrogens is 4. The van der Waals surface area contributed by atoms with Gasteiger partial charge in [-0.15, -0.1) is 0 Å². The highest BCUT2D eigenvalue weighted by atomic mass is 15.3. The second-order valence-electron chi connectivity index (χ2n) is 5.04. The molecule has 0 radical (unpaired) electrons. The molecule has 3 rings (SSSR count). The van der Waals surface area contributed by atoms with Crippen molar-refractivity contribution in [3.8, 4) is 0 Å². The van der Waals surface area contributed by atoms with Crippen LogP contribution >= 0.6 is 0 Å². The maximum Gasteiger partial charge on any atom is 0.111 e. The Labute approximate surface area is 118 Å². The number of hydrogen-bond acceptors (Lipinski definition) is 3. The summed E-state index contributed by atoms with van der Waals surface area (Å²) in [5.74, 6) is 1.07. The molecule has 0 aliphatic carbocycles. The van der Waals surface area contributed by atoms with Crippen LogP contribution < -0.4 is 5.32 Å². The summed E-state index contributed by atoms with van der Waals surface area (Å²) in [6.07, 6.45) is 2.79. The van der Waals surface area contributed by atoms with E-state index in [1.54, 1.807) is 0 Å². The molecule has 5 heteroatoms. The lowest BCUT2D eigenvalue weighted by Crippen LogP contribution is -2.21. The normalized spacial score (nSPS) is 12.9. The molecule has 0 saturated heterocycles. The van der Waals surface area contributed by atoms with Crippen LogP contribution in [-0.2, 0) is 20.5 Å². The highest BCUT2D eigenvalue weighted by molar-refractivity contribution is 5.75. The minimum absolute atomic E-state index is 0.173. The summed E-state index contributed by atoms with van der Waals surface area (Å²) in [4.78, 5) is 4.72. The maximum absolute atomic E-state index is 4.72. The quantitative estimate of drug-likeness (QED) is 0.786. The lowest BCUT2D eigenvalue weighted by molar-refractivity contribution is 0.542. The van der Waals surface area contributed by atoms with Gasteiger partial charge < -0.3 is 9.88 Å². The van der Waals surface area contributed by atoms with Crippen molar-refractivity contribution in [2.24, 2.45) is 14.1 Å². The largest absolute Gasteiger partial charge is 0.331 e. The van der Waals surface area contributed by atoms with E-state index in [-0.39, 0.29) is 6.04 Å². The third-order valence-corrected chi connectivity index (χ3v) is 3.71. The molecule has 0 spiro atoms. The minimum atomic E-state index is 0.173. The first-order valence-corrected chi connectivity index (χ1v) is 6.76. The van der Waals surface area contributed by atoms with Crippen LogP contribution in [0.3, 0.4) is 0 Å². The standard InChI is InChI=1S/C15H19N5/c1-16-13(11-8-9-19(2)18-11)10-15-17-12-6-4-5-7-14(12)20(15)3/h4-9,13,16H,10H2,1-3H3. The molecule has 5 nitrogen and oxygen atoms in total. The topological polar surface area (TPSA) is 47.7 Å². The summed E-state index contributed by atoms with van der Waals surface area (Å²) in [5, 5.41) is 7.80. The molecule has 1 N–H and O–H groups in total. The van der Waals surface area contributed by atoms with Gasteiger partial charge in [-0.3, -0.25) is 4.68 Å². The second-order valence-corrected chi connectivity index (χ2v) is 5.04. The third-order valence-electron chi connectivity index (χ3n) is 3.71. The van der Waals surface area contributed by atoms with Gasteiger partial charge in [0.15, 0.2) is 0 Å². The monoisotopic (exact) mass is 269 g/mol. The van der Waals surface area contributed by atoms with E-state index >= 15 is 0 Å². The Kier molecular flexibility index (Phi) is 3.28. The van der Waals surface area contributed by atoms with Crippen molar-refractivity contribution in [2.75, 3.05) is 7.05 Å². The number of rotatable bonds is 4. The van der Waals surface area contributed by atoms with Gasteiger partial charge in [0, 0.05) is 26.7 Å². The van der Waals surface area contributed by atoms with Gasteiger partial charge in [0.1, 0.15) is 5.82 Å². The van der Waals surface area contributed by atoms with Crippen molar-refractivity contribution in [1.29, 1.82) is 0 Å². The van der Waals surface area contributed by atoms with Crippen LogP contribution in [0.4, 0.5) is 0 Å². The molecule has 0 fully saturated rings. The number of benzene rings is 1. The molecule has 0 saturated carbocycles. The minimum Gasteiger partial charge on any atom is -0.331 e. The summed E-state index contributed by atoms with van der Waals surface area (Å²) >= 11 is 0. The molecule has 0 aliphatic heterocycles. The first-order chi connectivity index (χ1) is 9.69. The fraction of sp³-hybridized carbons (Fsp3) is 0.333. The Bertz CT molecular complexity index is 725. The van der Waals surface area contributed by atoms with Gasteiger partial charge in [-0.05, 0) is 25.2 Å². The smallest absolute Gasteiger partial charge is 0.111 e. The molecule has 20 heavy (non-hydrogen) atoms. The number of nitrogens with zero attached hydrogens (tertiary/aromatic N) is 4. The molecule has 1 atom stereocenters. The Morgan fingerprint density at radius 1 is 1.20 bits per heavy atom. The van der Waals surface area contributed by atoms with Gasteiger partial charge >= 0.3 is 0 Å². The number of hydrogen-bond donors (Lipinski definition) is 1. The van der Waals surface area contributed by atoms with Crippen molar-refractivity contribution in [2.45, 2.75) is 12.5 Å².